The highest BCUT2D eigenvalue weighted by Crippen LogP contribution is 2.03. The van der Waals surface area contributed by atoms with Crippen LogP contribution in [0.25, 0.3) is 0 Å². The van der Waals surface area contributed by atoms with Crippen molar-refractivity contribution in [2.45, 2.75) is 19.6 Å². The summed E-state index contributed by atoms with van der Waals surface area (Å²) in [6.07, 6.45) is 0.153. The van der Waals surface area contributed by atoms with E-state index in [0.717, 1.165) is 11.1 Å². The van der Waals surface area contributed by atoms with Crippen molar-refractivity contribution < 1.29 is 14.3 Å². The van der Waals surface area contributed by atoms with Gasteiger partial charge in [-0.3, -0.25) is 4.79 Å². The van der Waals surface area contributed by atoms with Gasteiger partial charge in [-0.05, 0) is 29.7 Å². The molecule has 0 unspecified atom stereocenters. The largest absolute Gasteiger partial charge is 0.445 e. The summed E-state index contributed by atoms with van der Waals surface area (Å²) in [6, 6.07) is 16.6. The summed E-state index contributed by atoms with van der Waals surface area (Å²) < 4.78 is 5.10. The zero-order valence-electron chi connectivity index (χ0n) is 14.0. The first-order valence-electron chi connectivity index (χ1n) is 8.21. The second kappa shape index (κ2) is 10.1. The number of carbonyl (C=O) groups excluding carboxylic acids is 2. The first-order valence-corrected chi connectivity index (χ1v) is 8.21. The molecule has 0 aliphatic carbocycles. The molecule has 0 saturated carbocycles. The van der Waals surface area contributed by atoms with Gasteiger partial charge in [-0.15, -0.1) is 0 Å². The van der Waals surface area contributed by atoms with Gasteiger partial charge in [0.25, 0.3) is 5.91 Å². The average molecular weight is 341 g/mol. The molecule has 0 saturated heterocycles. The van der Waals surface area contributed by atoms with Crippen LogP contribution < -0.4 is 16.4 Å². The van der Waals surface area contributed by atoms with E-state index in [1.165, 1.54) is 0 Å². The van der Waals surface area contributed by atoms with Crippen LogP contribution in [-0.2, 0) is 17.9 Å². The lowest BCUT2D eigenvalue weighted by Crippen LogP contribution is -2.30. The van der Waals surface area contributed by atoms with Crippen molar-refractivity contribution >= 4 is 12.0 Å². The van der Waals surface area contributed by atoms with E-state index in [9.17, 15) is 9.59 Å². The molecule has 2 aromatic rings. The number of carbonyl (C=O) groups is 2. The molecule has 0 atom stereocenters. The van der Waals surface area contributed by atoms with E-state index in [0.29, 0.717) is 31.6 Å². The Morgan fingerprint density at radius 3 is 2.24 bits per heavy atom. The normalized spacial score (nSPS) is 10.1. The Morgan fingerprint density at radius 1 is 0.880 bits per heavy atom. The molecule has 2 amide bonds. The molecule has 6 heteroatoms. The molecule has 0 aromatic heterocycles. The zero-order valence-corrected chi connectivity index (χ0v) is 14.0. The Kier molecular flexibility index (Phi) is 7.46. The van der Waals surface area contributed by atoms with Gasteiger partial charge in [-0.2, -0.15) is 0 Å². The third-order valence-corrected chi connectivity index (χ3v) is 3.57. The molecule has 2 aromatic carbocycles. The summed E-state index contributed by atoms with van der Waals surface area (Å²) in [6.45, 7) is 1.59. The highest BCUT2D eigenvalue weighted by Gasteiger charge is 2.05. The summed E-state index contributed by atoms with van der Waals surface area (Å²) in [5, 5.41) is 5.46. The SMILES string of the molecule is NCc1ccc(C(=O)NCCCNC(=O)OCc2ccccc2)cc1. The molecule has 0 aliphatic heterocycles. The maximum atomic E-state index is 11.9. The quantitative estimate of drug-likeness (QED) is 0.642. The second-order valence-corrected chi connectivity index (χ2v) is 5.50. The monoisotopic (exact) mass is 341 g/mol. The predicted octanol–water partition coefficient (Wildman–Crippen LogP) is 2.19. The number of benzene rings is 2. The van der Waals surface area contributed by atoms with Gasteiger partial charge in [0.1, 0.15) is 6.61 Å². The molecule has 25 heavy (non-hydrogen) atoms. The van der Waals surface area contributed by atoms with Crippen LogP contribution in [0.15, 0.2) is 54.6 Å². The smallest absolute Gasteiger partial charge is 0.407 e. The van der Waals surface area contributed by atoms with Crippen LogP contribution in [0.5, 0.6) is 0 Å². The van der Waals surface area contributed by atoms with E-state index in [4.69, 9.17) is 10.5 Å². The molecule has 0 fully saturated rings. The van der Waals surface area contributed by atoms with Crippen LogP contribution >= 0.6 is 0 Å². The molecule has 6 nitrogen and oxygen atoms in total. The minimum atomic E-state index is -0.465. The zero-order chi connectivity index (χ0) is 17.9. The lowest BCUT2D eigenvalue weighted by molar-refractivity contribution is 0.0953. The summed E-state index contributed by atoms with van der Waals surface area (Å²) >= 11 is 0. The van der Waals surface area contributed by atoms with Crippen LogP contribution in [0, 0.1) is 0 Å². The van der Waals surface area contributed by atoms with Gasteiger partial charge in [0.2, 0.25) is 0 Å². The number of hydrogen-bond acceptors (Lipinski definition) is 4. The molecule has 0 heterocycles. The maximum Gasteiger partial charge on any atom is 0.407 e. The Morgan fingerprint density at radius 2 is 1.56 bits per heavy atom. The summed E-state index contributed by atoms with van der Waals surface area (Å²) in [7, 11) is 0. The minimum absolute atomic E-state index is 0.143. The fourth-order valence-electron chi connectivity index (χ4n) is 2.15. The number of nitrogens with one attached hydrogen (secondary N) is 2. The molecule has 2 rings (SSSR count). The lowest BCUT2D eigenvalue weighted by atomic mass is 10.1. The highest BCUT2D eigenvalue weighted by atomic mass is 16.5. The van der Waals surface area contributed by atoms with Crippen LogP contribution in [0.3, 0.4) is 0 Å². The van der Waals surface area contributed by atoms with E-state index >= 15 is 0 Å². The number of amides is 2. The van der Waals surface area contributed by atoms with Gasteiger partial charge in [0.15, 0.2) is 0 Å². The lowest BCUT2D eigenvalue weighted by Gasteiger charge is -2.08. The maximum absolute atomic E-state index is 11.9. The van der Waals surface area contributed by atoms with Gasteiger partial charge in [0, 0.05) is 25.2 Å². The summed E-state index contributed by atoms with van der Waals surface area (Å²) in [5.74, 6) is -0.143. The number of ether oxygens (including phenoxy) is 1. The van der Waals surface area contributed by atoms with Crippen LogP contribution in [0.2, 0.25) is 0 Å². The topological polar surface area (TPSA) is 93.5 Å². The molecule has 132 valence electrons. The van der Waals surface area contributed by atoms with Gasteiger partial charge < -0.3 is 21.1 Å². The van der Waals surface area contributed by atoms with E-state index in [1.54, 1.807) is 12.1 Å². The Balaban J connectivity index is 1.57. The third kappa shape index (κ3) is 6.64. The van der Waals surface area contributed by atoms with E-state index in [1.807, 2.05) is 42.5 Å². The molecule has 0 spiro atoms. The molecule has 0 aliphatic rings. The molecule has 0 bridgehead atoms. The fraction of sp³-hybridized carbons (Fsp3) is 0.263. The van der Waals surface area contributed by atoms with Crippen LogP contribution in [-0.4, -0.2) is 25.1 Å². The number of alkyl carbamates (subject to hydrolysis) is 1. The van der Waals surface area contributed by atoms with E-state index in [2.05, 4.69) is 10.6 Å². The minimum Gasteiger partial charge on any atom is -0.445 e. The van der Waals surface area contributed by atoms with Crippen molar-refractivity contribution in [3.8, 4) is 0 Å². The summed E-state index contributed by atoms with van der Waals surface area (Å²) in [5.41, 5.74) is 8.03. The number of hydrogen-bond donors (Lipinski definition) is 3. The Hall–Kier alpha value is -2.86. The second-order valence-electron chi connectivity index (χ2n) is 5.50. The van der Waals surface area contributed by atoms with Crippen LogP contribution in [0.4, 0.5) is 4.79 Å². The van der Waals surface area contributed by atoms with Crippen molar-refractivity contribution in [1.29, 1.82) is 0 Å². The van der Waals surface area contributed by atoms with Crippen molar-refractivity contribution in [3.63, 3.8) is 0 Å². The Labute approximate surface area is 147 Å². The molecule has 0 radical (unpaired) electrons. The van der Waals surface area contributed by atoms with Gasteiger partial charge in [-0.1, -0.05) is 42.5 Å². The molecular weight excluding hydrogens is 318 g/mol. The summed E-state index contributed by atoms with van der Waals surface area (Å²) in [4.78, 5) is 23.5. The highest BCUT2D eigenvalue weighted by molar-refractivity contribution is 5.94. The van der Waals surface area contributed by atoms with Crippen LogP contribution in [0.1, 0.15) is 27.9 Å². The van der Waals surface area contributed by atoms with Gasteiger partial charge >= 0.3 is 6.09 Å². The first-order chi connectivity index (χ1) is 12.2. The van der Waals surface area contributed by atoms with E-state index in [-0.39, 0.29) is 12.5 Å². The molecular formula is C19H23N3O3. The predicted molar refractivity (Wildman–Crippen MR) is 95.9 cm³/mol. The third-order valence-electron chi connectivity index (χ3n) is 3.57. The first kappa shape index (κ1) is 18.5. The standard InChI is InChI=1S/C19H23N3O3/c20-13-15-7-9-17(10-8-15)18(23)21-11-4-12-22-19(24)25-14-16-5-2-1-3-6-16/h1-3,5-10H,4,11-14,20H2,(H,21,23)(H,22,24). The van der Waals surface area contributed by atoms with Crippen molar-refractivity contribution in [2.24, 2.45) is 5.73 Å². The van der Waals surface area contributed by atoms with Crippen molar-refractivity contribution in [1.82, 2.24) is 10.6 Å². The molecule has 4 N–H and O–H groups in total. The number of nitrogens with two attached hydrogens (primary N) is 1. The van der Waals surface area contributed by atoms with Gasteiger partial charge in [-0.25, -0.2) is 4.79 Å². The van der Waals surface area contributed by atoms with Gasteiger partial charge in [0.05, 0.1) is 0 Å². The van der Waals surface area contributed by atoms with Crippen molar-refractivity contribution in [2.75, 3.05) is 13.1 Å². The number of rotatable bonds is 8. The van der Waals surface area contributed by atoms with E-state index < -0.39 is 6.09 Å². The van der Waals surface area contributed by atoms with Crippen molar-refractivity contribution in [3.05, 3.63) is 71.3 Å². The average Bonchev–Trinajstić information content (AvgIpc) is 2.67. The Bertz CT molecular complexity index is 672. The fourth-order valence-corrected chi connectivity index (χ4v) is 2.15.